The summed E-state index contributed by atoms with van der Waals surface area (Å²) < 4.78 is 2.13. The van der Waals surface area contributed by atoms with Crippen molar-refractivity contribution in [2.45, 2.75) is 20.0 Å². The van der Waals surface area contributed by atoms with Gasteiger partial charge in [-0.15, -0.1) is 0 Å². The molecular weight excluding hydrogens is 394 g/mol. The molecule has 1 aromatic heterocycles. The molecule has 3 nitrogen and oxygen atoms in total. The Labute approximate surface area is 143 Å². The maximum atomic E-state index is 4.58. The fourth-order valence-electron chi connectivity index (χ4n) is 2.16. The molecule has 0 unspecified atom stereocenters. The molecule has 112 valence electrons. The Morgan fingerprint density at radius 2 is 1.95 bits per heavy atom. The number of aromatic nitrogens is 1. The molecule has 0 aliphatic heterocycles. The average Bonchev–Trinajstić information content (AvgIpc) is 2.47. The maximum absolute atomic E-state index is 4.58. The number of nitrogens with one attached hydrogen (secondary N) is 1. The standard InChI is InChI=1S/C16H19Br2N3/c1-3-19-9-13-8-14(17)10-20-16(13)21(2)11-12-6-4-5-7-15(12)18/h4-8,10,19H,3,9,11H2,1-2H3. The van der Waals surface area contributed by atoms with E-state index in [0.29, 0.717) is 0 Å². The number of anilines is 1. The molecule has 0 atom stereocenters. The van der Waals surface area contributed by atoms with Gasteiger partial charge in [0.05, 0.1) is 0 Å². The summed E-state index contributed by atoms with van der Waals surface area (Å²) in [5.41, 5.74) is 2.44. The largest absolute Gasteiger partial charge is 0.355 e. The van der Waals surface area contributed by atoms with Crippen molar-refractivity contribution in [3.05, 3.63) is 56.6 Å². The molecule has 0 saturated carbocycles. The van der Waals surface area contributed by atoms with Crippen LogP contribution in [-0.2, 0) is 13.1 Å². The number of halogens is 2. The summed E-state index contributed by atoms with van der Waals surface area (Å²) in [6.45, 7) is 4.68. The van der Waals surface area contributed by atoms with Gasteiger partial charge in [-0.2, -0.15) is 0 Å². The van der Waals surface area contributed by atoms with Gasteiger partial charge in [0.15, 0.2) is 0 Å². The highest BCUT2D eigenvalue weighted by Gasteiger charge is 2.11. The van der Waals surface area contributed by atoms with E-state index in [4.69, 9.17) is 0 Å². The smallest absolute Gasteiger partial charge is 0.133 e. The first-order valence-electron chi connectivity index (χ1n) is 6.91. The highest BCUT2D eigenvalue weighted by Crippen LogP contribution is 2.24. The summed E-state index contributed by atoms with van der Waals surface area (Å²) in [6, 6.07) is 10.4. The van der Waals surface area contributed by atoms with Gasteiger partial charge in [0.1, 0.15) is 5.82 Å². The lowest BCUT2D eigenvalue weighted by atomic mass is 10.2. The number of rotatable bonds is 6. The Morgan fingerprint density at radius 1 is 1.19 bits per heavy atom. The number of nitrogens with zero attached hydrogens (tertiary/aromatic N) is 2. The fraction of sp³-hybridized carbons (Fsp3) is 0.312. The molecule has 1 aromatic carbocycles. The van der Waals surface area contributed by atoms with Gasteiger partial charge in [0.2, 0.25) is 0 Å². The van der Waals surface area contributed by atoms with Gasteiger partial charge in [-0.3, -0.25) is 0 Å². The van der Waals surface area contributed by atoms with E-state index in [1.807, 2.05) is 12.3 Å². The van der Waals surface area contributed by atoms with Crippen molar-refractivity contribution in [2.75, 3.05) is 18.5 Å². The monoisotopic (exact) mass is 411 g/mol. The summed E-state index contributed by atoms with van der Waals surface area (Å²) in [4.78, 5) is 6.76. The van der Waals surface area contributed by atoms with E-state index in [9.17, 15) is 0 Å². The van der Waals surface area contributed by atoms with Crippen LogP contribution < -0.4 is 10.2 Å². The van der Waals surface area contributed by atoms with E-state index in [1.54, 1.807) is 0 Å². The van der Waals surface area contributed by atoms with Crippen LogP contribution in [0.3, 0.4) is 0 Å². The molecule has 5 heteroatoms. The third-order valence-electron chi connectivity index (χ3n) is 3.20. The highest BCUT2D eigenvalue weighted by molar-refractivity contribution is 9.10. The highest BCUT2D eigenvalue weighted by atomic mass is 79.9. The predicted octanol–water partition coefficient (Wildman–Crippen LogP) is 4.35. The van der Waals surface area contributed by atoms with Gasteiger partial charge in [0, 0.05) is 40.8 Å². The van der Waals surface area contributed by atoms with Crippen molar-refractivity contribution < 1.29 is 0 Å². The minimum atomic E-state index is 0.815. The molecule has 0 saturated heterocycles. The van der Waals surface area contributed by atoms with Crippen LogP contribution in [-0.4, -0.2) is 18.6 Å². The van der Waals surface area contributed by atoms with E-state index in [2.05, 4.69) is 85.3 Å². The Hall–Kier alpha value is -0.910. The van der Waals surface area contributed by atoms with Gasteiger partial charge in [-0.1, -0.05) is 41.1 Å². The Balaban J connectivity index is 2.22. The molecular formula is C16H19Br2N3. The SMILES string of the molecule is CCNCc1cc(Br)cnc1N(C)Cc1ccccc1Br. The van der Waals surface area contributed by atoms with Crippen LogP contribution in [0.15, 0.2) is 45.5 Å². The van der Waals surface area contributed by atoms with E-state index in [1.165, 1.54) is 11.1 Å². The average molecular weight is 413 g/mol. The zero-order chi connectivity index (χ0) is 15.2. The quantitative estimate of drug-likeness (QED) is 0.764. The second kappa shape index (κ2) is 7.92. The van der Waals surface area contributed by atoms with Crippen LogP contribution >= 0.6 is 31.9 Å². The Kier molecular flexibility index (Phi) is 6.21. The molecule has 21 heavy (non-hydrogen) atoms. The van der Waals surface area contributed by atoms with Crippen molar-refractivity contribution in [3.63, 3.8) is 0 Å². The van der Waals surface area contributed by atoms with Crippen LogP contribution in [0.5, 0.6) is 0 Å². The third kappa shape index (κ3) is 4.53. The van der Waals surface area contributed by atoms with Gasteiger partial charge in [-0.25, -0.2) is 4.98 Å². The number of hydrogen-bond donors (Lipinski definition) is 1. The molecule has 0 fully saturated rings. The van der Waals surface area contributed by atoms with Crippen LogP contribution in [0.4, 0.5) is 5.82 Å². The lowest BCUT2D eigenvalue weighted by molar-refractivity contribution is 0.718. The van der Waals surface area contributed by atoms with E-state index >= 15 is 0 Å². The molecule has 2 rings (SSSR count). The first-order chi connectivity index (χ1) is 10.1. The fourth-order valence-corrected chi connectivity index (χ4v) is 2.95. The molecule has 1 heterocycles. The van der Waals surface area contributed by atoms with Gasteiger partial charge < -0.3 is 10.2 Å². The molecule has 0 bridgehead atoms. The van der Waals surface area contributed by atoms with Crippen LogP contribution in [0.1, 0.15) is 18.1 Å². The Morgan fingerprint density at radius 3 is 2.67 bits per heavy atom. The Bertz CT molecular complexity index is 602. The summed E-state index contributed by atoms with van der Waals surface area (Å²) in [5, 5.41) is 3.37. The summed E-state index contributed by atoms with van der Waals surface area (Å²) in [6.07, 6.45) is 1.85. The predicted molar refractivity (Wildman–Crippen MR) is 95.6 cm³/mol. The number of hydrogen-bond acceptors (Lipinski definition) is 3. The van der Waals surface area contributed by atoms with Gasteiger partial charge >= 0.3 is 0 Å². The van der Waals surface area contributed by atoms with Crippen LogP contribution in [0, 0.1) is 0 Å². The second-order valence-electron chi connectivity index (χ2n) is 4.86. The normalized spacial score (nSPS) is 10.7. The first-order valence-corrected chi connectivity index (χ1v) is 8.50. The molecule has 0 spiro atoms. The second-order valence-corrected chi connectivity index (χ2v) is 6.63. The molecule has 0 aliphatic rings. The van der Waals surface area contributed by atoms with E-state index in [0.717, 1.165) is 34.4 Å². The zero-order valence-electron chi connectivity index (χ0n) is 12.2. The molecule has 0 radical (unpaired) electrons. The molecule has 0 amide bonds. The lowest BCUT2D eigenvalue weighted by Crippen LogP contribution is -2.22. The first kappa shape index (κ1) is 16.5. The topological polar surface area (TPSA) is 28.2 Å². The van der Waals surface area contributed by atoms with Gasteiger partial charge in [0.25, 0.3) is 0 Å². The van der Waals surface area contributed by atoms with E-state index < -0.39 is 0 Å². The van der Waals surface area contributed by atoms with Gasteiger partial charge in [-0.05, 0) is 40.2 Å². The zero-order valence-corrected chi connectivity index (χ0v) is 15.4. The van der Waals surface area contributed by atoms with Crippen LogP contribution in [0.25, 0.3) is 0 Å². The molecule has 0 aliphatic carbocycles. The van der Waals surface area contributed by atoms with Crippen molar-refractivity contribution in [1.82, 2.24) is 10.3 Å². The minimum Gasteiger partial charge on any atom is -0.355 e. The summed E-state index contributed by atoms with van der Waals surface area (Å²) in [7, 11) is 2.07. The van der Waals surface area contributed by atoms with Crippen molar-refractivity contribution in [3.8, 4) is 0 Å². The minimum absolute atomic E-state index is 0.815. The van der Waals surface area contributed by atoms with E-state index in [-0.39, 0.29) is 0 Å². The number of benzene rings is 1. The molecule has 2 aromatic rings. The summed E-state index contributed by atoms with van der Waals surface area (Å²) in [5.74, 6) is 1.01. The molecule has 1 N–H and O–H groups in total. The van der Waals surface area contributed by atoms with Crippen molar-refractivity contribution in [1.29, 1.82) is 0 Å². The van der Waals surface area contributed by atoms with Crippen molar-refractivity contribution in [2.24, 2.45) is 0 Å². The van der Waals surface area contributed by atoms with Crippen LogP contribution in [0.2, 0.25) is 0 Å². The number of pyridine rings is 1. The lowest BCUT2D eigenvalue weighted by Gasteiger charge is -2.22. The van der Waals surface area contributed by atoms with Crippen molar-refractivity contribution >= 4 is 37.7 Å². The third-order valence-corrected chi connectivity index (χ3v) is 4.41. The maximum Gasteiger partial charge on any atom is 0.133 e. The summed E-state index contributed by atoms with van der Waals surface area (Å²) >= 11 is 7.10.